The molecule has 1 aliphatic rings. The Labute approximate surface area is 121 Å². The first-order chi connectivity index (χ1) is 9.55. The number of piperidine rings is 1. The van der Waals surface area contributed by atoms with E-state index in [0.29, 0.717) is 5.92 Å². The summed E-state index contributed by atoms with van der Waals surface area (Å²) in [5, 5.41) is 8.76. The van der Waals surface area contributed by atoms with Gasteiger partial charge < -0.3 is 14.9 Å². The van der Waals surface area contributed by atoms with E-state index in [2.05, 4.69) is 11.9 Å². The fraction of sp³-hybridized carbons (Fsp3) is 0.857. The summed E-state index contributed by atoms with van der Waals surface area (Å²) in [6, 6.07) is 0. The van der Waals surface area contributed by atoms with E-state index in [0.717, 1.165) is 58.5 Å². The monoisotopic (exact) mass is 285 g/mol. The minimum absolute atomic E-state index is 0.160. The molecular weight excluding hydrogens is 258 g/mol. The van der Waals surface area contributed by atoms with Crippen molar-refractivity contribution in [2.75, 3.05) is 52.9 Å². The number of hydrogen-bond acceptors (Lipinski definition) is 4. The average Bonchev–Trinajstić information content (AvgIpc) is 2.41. The molecule has 116 valence electrons. The highest BCUT2D eigenvalue weighted by Crippen LogP contribution is 2.17. The first-order valence-electron chi connectivity index (χ1n) is 7.37. The standard InChI is InChI=1S/C14H27N3O3/c1-3-16(12-18)9-8-15(2)10-13-4-6-17(7-5-13)11-14(19)20/h12-13H,3-11H2,1-2H3,(H,19,20). The van der Waals surface area contributed by atoms with Gasteiger partial charge in [0.05, 0.1) is 6.54 Å². The number of carboxylic acid groups (broad SMARTS) is 1. The number of carboxylic acids is 1. The van der Waals surface area contributed by atoms with Crippen LogP contribution in [0, 0.1) is 5.92 Å². The van der Waals surface area contributed by atoms with Crippen LogP contribution in [0.3, 0.4) is 0 Å². The van der Waals surface area contributed by atoms with E-state index in [1.54, 1.807) is 4.90 Å². The largest absolute Gasteiger partial charge is 0.480 e. The molecule has 1 aliphatic heterocycles. The van der Waals surface area contributed by atoms with E-state index >= 15 is 0 Å². The predicted octanol–water partition coefficient (Wildman–Crippen LogP) is 0.193. The van der Waals surface area contributed by atoms with Gasteiger partial charge in [0, 0.05) is 26.2 Å². The normalized spacial score (nSPS) is 17.4. The minimum atomic E-state index is -0.742. The third kappa shape index (κ3) is 6.34. The van der Waals surface area contributed by atoms with Crippen LogP contribution >= 0.6 is 0 Å². The lowest BCUT2D eigenvalue weighted by atomic mass is 9.96. The van der Waals surface area contributed by atoms with Crippen molar-refractivity contribution in [3.63, 3.8) is 0 Å². The second kappa shape index (κ2) is 8.92. The smallest absolute Gasteiger partial charge is 0.317 e. The highest BCUT2D eigenvalue weighted by molar-refractivity contribution is 5.69. The molecule has 1 amide bonds. The molecule has 1 saturated heterocycles. The number of carbonyl (C=O) groups is 2. The fourth-order valence-corrected chi connectivity index (χ4v) is 2.63. The van der Waals surface area contributed by atoms with Gasteiger partial charge in [0.2, 0.25) is 6.41 Å². The van der Waals surface area contributed by atoms with Crippen LogP contribution in [0.4, 0.5) is 0 Å². The number of nitrogens with zero attached hydrogens (tertiary/aromatic N) is 3. The Balaban J connectivity index is 2.19. The third-order valence-corrected chi connectivity index (χ3v) is 3.96. The quantitative estimate of drug-likeness (QED) is 0.613. The number of aliphatic carboxylic acids is 1. The lowest BCUT2D eigenvalue weighted by Gasteiger charge is -2.33. The number of hydrogen-bond donors (Lipinski definition) is 1. The molecule has 0 saturated carbocycles. The van der Waals surface area contributed by atoms with Gasteiger partial charge in [-0.1, -0.05) is 0 Å². The van der Waals surface area contributed by atoms with Gasteiger partial charge >= 0.3 is 5.97 Å². The summed E-state index contributed by atoms with van der Waals surface area (Å²) in [5.74, 6) is -0.106. The van der Waals surface area contributed by atoms with Crippen molar-refractivity contribution in [2.45, 2.75) is 19.8 Å². The number of rotatable bonds is 9. The molecule has 0 aromatic carbocycles. The molecule has 6 heteroatoms. The molecule has 6 nitrogen and oxygen atoms in total. The number of carbonyl (C=O) groups excluding carboxylic acids is 1. The summed E-state index contributed by atoms with van der Waals surface area (Å²) in [6.07, 6.45) is 3.02. The van der Waals surface area contributed by atoms with Crippen molar-refractivity contribution in [1.29, 1.82) is 0 Å². The highest BCUT2D eigenvalue weighted by atomic mass is 16.4. The lowest BCUT2D eigenvalue weighted by Crippen LogP contribution is -2.41. The van der Waals surface area contributed by atoms with Crippen molar-refractivity contribution in [1.82, 2.24) is 14.7 Å². The molecule has 0 atom stereocenters. The molecule has 0 aromatic rings. The summed E-state index contributed by atoms with van der Waals surface area (Å²) in [5.41, 5.74) is 0. The maximum atomic E-state index is 10.7. The third-order valence-electron chi connectivity index (χ3n) is 3.96. The van der Waals surface area contributed by atoms with Gasteiger partial charge in [-0.3, -0.25) is 14.5 Å². The van der Waals surface area contributed by atoms with Crippen LogP contribution in [-0.4, -0.2) is 85.0 Å². The summed E-state index contributed by atoms with van der Waals surface area (Å²) < 4.78 is 0. The van der Waals surface area contributed by atoms with Gasteiger partial charge in [0.25, 0.3) is 0 Å². The summed E-state index contributed by atoms with van der Waals surface area (Å²) >= 11 is 0. The van der Waals surface area contributed by atoms with Crippen LogP contribution in [0.1, 0.15) is 19.8 Å². The maximum Gasteiger partial charge on any atom is 0.317 e. The van der Waals surface area contributed by atoms with Crippen molar-refractivity contribution >= 4 is 12.4 Å². The van der Waals surface area contributed by atoms with Crippen LogP contribution in [0.5, 0.6) is 0 Å². The van der Waals surface area contributed by atoms with Crippen molar-refractivity contribution in [3.8, 4) is 0 Å². The van der Waals surface area contributed by atoms with E-state index in [1.807, 2.05) is 11.8 Å². The SMILES string of the molecule is CCN(C=O)CCN(C)CC1CCN(CC(=O)O)CC1. The molecule has 0 aliphatic carbocycles. The number of amides is 1. The van der Waals surface area contributed by atoms with Gasteiger partial charge in [-0.2, -0.15) is 0 Å². The van der Waals surface area contributed by atoms with Gasteiger partial charge in [0.1, 0.15) is 0 Å². The van der Waals surface area contributed by atoms with Gasteiger partial charge in [-0.25, -0.2) is 0 Å². The Bertz CT molecular complexity index is 304. The van der Waals surface area contributed by atoms with E-state index < -0.39 is 5.97 Å². The molecule has 20 heavy (non-hydrogen) atoms. The number of likely N-dealkylation sites (N-methyl/N-ethyl adjacent to an activating group) is 2. The van der Waals surface area contributed by atoms with Gasteiger partial charge in [-0.15, -0.1) is 0 Å². The second-order valence-electron chi connectivity index (χ2n) is 5.61. The highest BCUT2D eigenvalue weighted by Gasteiger charge is 2.21. The van der Waals surface area contributed by atoms with E-state index in [9.17, 15) is 9.59 Å². The fourth-order valence-electron chi connectivity index (χ4n) is 2.63. The Morgan fingerprint density at radius 2 is 2.00 bits per heavy atom. The average molecular weight is 285 g/mol. The van der Waals surface area contributed by atoms with Crippen molar-refractivity contribution in [3.05, 3.63) is 0 Å². The topological polar surface area (TPSA) is 64.1 Å². The van der Waals surface area contributed by atoms with Crippen LogP contribution in [0.2, 0.25) is 0 Å². The molecule has 1 rings (SSSR count). The Morgan fingerprint density at radius 1 is 1.35 bits per heavy atom. The molecular formula is C14H27N3O3. The maximum absolute atomic E-state index is 10.7. The molecule has 0 bridgehead atoms. The number of likely N-dealkylation sites (tertiary alicyclic amines) is 1. The van der Waals surface area contributed by atoms with Crippen LogP contribution < -0.4 is 0 Å². The summed E-state index contributed by atoms with van der Waals surface area (Å²) in [7, 11) is 2.09. The van der Waals surface area contributed by atoms with E-state index in [1.165, 1.54) is 0 Å². The zero-order valence-corrected chi connectivity index (χ0v) is 12.6. The molecule has 0 radical (unpaired) electrons. The van der Waals surface area contributed by atoms with E-state index in [-0.39, 0.29) is 6.54 Å². The second-order valence-corrected chi connectivity index (χ2v) is 5.61. The molecule has 0 spiro atoms. The molecule has 1 N–H and O–H groups in total. The lowest BCUT2D eigenvalue weighted by molar-refractivity contribution is -0.138. The minimum Gasteiger partial charge on any atom is -0.480 e. The molecule has 1 fully saturated rings. The zero-order chi connectivity index (χ0) is 15.0. The van der Waals surface area contributed by atoms with Gasteiger partial charge in [0.15, 0.2) is 0 Å². The Kier molecular flexibility index (Phi) is 7.54. The summed E-state index contributed by atoms with van der Waals surface area (Å²) in [6.45, 7) is 7.33. The van der Waals surface area contributed by atoms with E-state index in [4.69, 9.17) is 5.11 Å². The molecule has 0 unspecified atom stereocenters. The van der Waals surface area contributed by atoms with Crippen LogP contribution in [0.15, 0.2) is 0 Å². The van der Waals surface area contributed by atoms with Crippen LogP contribution in [0.25, 0.3) is 0 Å². The zero-order valence-electron chi connectivity index (χ0n) is 12.6. The Morgan fingerprint density at radius 3 is 2.50 bits per heavy atom. The van der Waals surface area contributed by atoms with Crippen molar-refractivity contribution < 1.29 is 14.7 Å². The molecule has 1 heterocycles. The first kappa shape index (κ1) is 16.9. The molecule has 0 aromatic heterocycles. The van der Waals surface area contributed by atoms with Gasteiger partial charge in [-0.05, 0) is 45.8 Å². The van der Waals surface area contributed by atoms with Crippen LogP contribution in [-0.2, 0) is 9.59 Å². The first-order valence-corrected chi connectivity index (χ1v) is 7.37. The van der Waals surface area contributed by atoms with Crippen molar-refractivity contribution in [2.24, 2.45) is 5.92 Å². The Hall–Kier alpha value is -1.14. The summed E-state index contributed by atoms with van der Waals surface area (Å²) in [4.78, 5) is 27.4. The predicted molar refractivity (Wildman–Crippen MR) is 77.6 cm³/mol.